The molecule has 0 aliphatic rings. The molecular weight excluding hydrogens is 316 g/mol. The van der Waals surface area contributed by atoms with E-state index in [9.17, 15) is 0 Å². The molecule has 2 nitrogen and oxygen atoms in total. The third-order valence-corrected chi connectivity index (χ3v) is 4.81. The van der Waals surface area contributed by atoms with E-state index >= 15 is 0 Å². The Balaban J connectivity index is 1.91. The molecule has 3 aromatic carbocycles. The molecule has 0 heterocycles. The van der Waals surface area contributed by atoms with E-state index in [4.69, 9.17) is 0 Å². The highest BCUT2D eigenvalue weighted by Gasteiger charge is 2.13. The van der Waals surface area contributed by atoms with Crippen molar-refractivity contribution >= 4 is 11.4 Å². The van der Waals surface area contributed by atoms with Gasteiger partial charge in [-0.15, -0.1) is 0 Å². The average Bonchev–Trinajstić information content (AvgIpc) is 2.61. The molecule has 0 unspecified atom stereocenters. The Bertz CT molecular complexity index is 804. The zero-order valence-electron chi connectivity index (χ0n) is 16.8. The van der Waals surface area contributed by atoms with Crippen LogP contribution in [0.2, 0.25) is 0 Å². The first-order chi connectivity index (χ1) is 12.1. The van der Waals surface area contributed by atoms with Crippen molar-refractivity contribution < 1.29 is 0 Å². The summed E-state index contributed by atoms with van der Waals surface area (Å²) in [6.45, 7) is 0. The van der Waals surface area contributed by atoms with Gasteiger partial charge in [0.1, 0.15) is 11.4 Å². The normalized spacial score (nSPS) is 12.2. The summed E-state index contributed by atoms with van der Waals surface area (Å²) in [6, 6.07) is 26.6. The van der Waals surface area contributed by atoms with Gasteiger partial charge in [-0.1, -0.05) is 18.2 Å². The van der Waals surface area contributed by atoms with Crippen LogP contribution < -0.4 is 8.97 Å². The average molecular weight is 347 g/mol. The van der Waals surface area contributed by atoms with E-state index in [0.717, 1.165) is 8.97 Å². The van der Waals surface area contributed by atoms with Gasteiger partial charge in [0.2, 0.25) is 0 Å². The van der Waals surface area contributed by atoms with Crippen LogP contribution in [0, 0.1) is 0 Å². The van der Waals surface area contributed by atoms with Crippen LogP contribution in [0.25, 0.3) is 22.3 Å². The van der Waals surface area contributed by atoms with Crippen molar-refractivity contribution in [3.05, 3.63) is 72.8 Å². The fraction of sp³-hybridized carbons (Fsp3) is 0.250. The summed E-state index contributed by atoms with van der Waals surface area (Å²) in [7, 11) is 13.1. The van der Waals surface area contributed by atoms with Crippen molar-refractivity contribution in [3.63, 3.8) is 0 Å². The molecule has 0 fully saturated rings. The Kier molecular flexibility index (Phi) is 4.74. The monoisotopic (exact) mass is 346 g/mol. The maximum absolute atomic E-state index is 2.28. The number of quaternary nitrogens is 2. The van der Waals surface area contributed by atoms with Gasteiger partial charge in [0.15, 0.2) is 0 Å². The van der Waals surface area contributed by atoms with E-state index in [0.29, 0.717) is 0 Å². The first-order valence-corrected chi connectivity index (χ1v) is 9.09. The molecule has 0 atom stereocenters. The van der Waals surface area contributed by atoms with E-state index in [1.807, 2.05) is 0 Å². The minimum absolute atomic E-state index is 0.832. The zero-order chi connectivity index (χ0) is 18.9. The van der Waals surface area contributed by atoms with Crippen LogP contribution in [0.5, 0.6) is 0 Å². The zero-order valence-corrected chi connectivity index (χ0v) is 16.8. The summed E-state index contributed by atoms with van der Waals surface area (Å²) >= 11 is 0. The summed E-state index contributed by atoms with van der Waals surface area (Å²) in [6.07, 6.45) is 0. The predicted octanol–water partition coefficient (Wildman–Crippen LogP) is 5.41. The van der Waals surface area contributed by atoms with Crippen LogP contribution in [0.1, 0.15) is 0 Å². The summed E-state index contributed by atoms with van der Waals surface area (Å²) in [5, 5.41) is 0. The van der Waals surface area contributed by atoms with Crippen molar-refractivity contribution in [2.45, 2.75) is 0 Å². The Morgan fingerprint density at radius 2 is 0.769 bits per heavy atom. The fourth-order valence-corrected chi connectivity index (χ4v) is 3.08. The lowest BCUT2D eigenvalue weighted by molar-refractivity contribution is 0.486. The number of nitrogens with zero attached hydrogens (tertiary/aromatic N) is 2. The second-order valence-electron chi connectivity index (χ2n) is 8.70. The maximum atomic E-state index is 2.28. The van der Waals surface area contributed by atoms with Crippen molar-refractivity contribution in [1.29, 1.82) is 0 Å². The first-order valence-electron chi connectivity index (χ1n) is 9.09. The Morgan fingerprint density at radius 1 is 0.423 bits per heavy atom. The molecule has 0 N–H and O–H groups in total. The van der Waals surface area contributed by atoms with Gasteiger partial charge < -0.3 is 0 Å². The lowest BCUT2D eigenvalue weighted by Gasteiger charge is -2.23. The van der Waals surface area contributed by atoms with Crippen LogP contribution in [-0.4, -0.2) is 42.3 Å². The van der Waals surface area contributed by atoms with Crippen molar-refractivity contribution in [2.75, 3.05) is 42.3 Å². The maximum Gasteiger partial charge on any atom is 0.132 e. The largest absolute Gasteiger partial charge is 0.298 e. The topological polar surface area (TPSA) is 0 Å². The summed E-state index contributed by atoms with van der Waals surface area (Å²) in [5.41, 5.74) is 7.64. The number of hydrogen-bond acceptors (Lipinski definition) is 0. The highest BCUT2D eigenvalue weighted by atomic mass is 15.3. The van der Waals surface area contributed by atoms with E-state index in [1.165, 1.54) is 33.6 Å². The van der Waals surface area contributed by atoms with Gasteiger partial charge in [-0.3, -0.25) is 8.97 Å². The van der Waals surface area contributed by atoms with Crippen molar-refractivity contribution in [2.24, 2.45) is 0 Å². The summed E-state index contributed by atoms with van der Waals surface area (Å²) in [5.74, 6) is 0. The third-order valence-electron chi connectivity index (χ3n) is 4.81. The van der Waals surface area contributed by atoms with E-state index in [-0.39, 0.29) is 0 Å². The van der Waals surface area contributed by atoms with E-state index in [2.05, 4.69) is 115 Å². The Labute approximate surface area is 158 Å². The smallest absolute Gasteiger partial charge is 0.132 e. The molecule has 3 aromatic rings. The van der Waals surface area contributed by atoms with Gasteiger partial charge in [-0.2, -0.15) is 0 Å². The fourth-order valence-electron chi connectivity index (χ4n) is 3.08. The molecule has 0 spiro atoms. The minimum atomic E-state index is 0.832. The summed E-state index contributed by atoms with van der Waals surface area (Å²) < 4.78 is 1.66. The van der Waals surface area contributed by atoms with Crippen LogP contribution in [0.4, 0.5) is 11.4 Å². The van der Waals surface area contributed by atoms with Crippen molar-refractivity contribution in [3.8, 4) is 22.3 Å². The molecule has 0 aromatic heterocycles. The van der Waals surface area contributed by atoms with Crippen LogP contribution in [0.3, 0.4) is 0 Å². The molecular formula is C24H30N2+2. The second-order valence-corrected chi connectivity index (χ2v) is 8.70. The molecule has 0 amide bonds. The molecule has 134 valence electrons. The number of rotatable bonds is 4. The van der Waals surface area contributed by atoms with Crippen molar-refractivity contribution in [1.82, 2.24) is 8.97 Å². The SMILES string of the molecule is C[N+](C)(C)c1ccc(-c2cccc(-c3ccc([N+](C)(C)C)cc3)c2)cc1. The van der Waals surface area contributed by atoms with Gasteiger partial charge in [0, 0.05) is 0 Å². The first kappa shape index (κ1) is 18.4. The van der Waals surface area contributed by atoms with Gasteiger partial charge in [0.05, 0.1) is 42.3 Å². The van der Waals surface area contributed by atoms with Gasteiger partial charge >= 0.3 is 0 Å². The Morgan fingerprint density at radius 3 is 1.08 bits per heavy atom. The molecule has 0 saturated heterocycles. The second kappa shape index (κ2) is 6.71. The lowest BCUT2D eigenvalue weighted by Crippen LogP contribution is -2.34. The van der Waals surface area contributed by atoms with Gasteiger partial charge in [-0.25, -0.2) is 0 Å². The quantitative estimate of drug-likeness (QED) is 0.554. The standard InChI is InChI=1S/C24H30N2/c1-25(2,3)23-14-10-19(11-15-23)21-8-7-9-22(18-21)20-12-16-24(17-13-20)26(4,5)6/h7-18H,1-6H3/q+2. The molecule has 3 rings (SSSR count). The van der Waals surface area contributed by atoms with Crippen LogP contribution >= 0.6 is 0 Å². The molecule has 0 saturated carbocycles. The highest BCUT2D eigenvalue weighted by Crippen LogP contribution is 2.29. The third kappa shape index (κ3) is 4.04. The Hall–Kier alpha value is -2.42. The number of benzene rings is 3. The molecule has 0 bridgehead atoms. The molecule has 0 aliphatic heterocycles. The van der Waals surface area contributed by atoms with E-state index < -0.39 is 0 Å². The predicted molar refractivity (Wildman–Crippen MR) is 116 cm³/mol. The molecule has 0 aliphatic carbocycles. The van der Waals surface area contributed by atoms with Gasteiger partial charge in [-0.05, 0) is 76.9 Å². The molecule has 2 heteroatoms. The van der Waals surface area contributed by atoms with Crippen LogP contribution in [-0.2, 0) is 0 Å². The minimum Gasteiger partial charge on any atom is -0.298 e. The molecule has 0 radical (unpaired) electrons. The lowest BCUT2D eigenvalue weighted by atomic mass is 9.98. The van der Waals surface area contributed by atoms with E-state index in [1.54, 1.807) is 0 Å². The van der Waals surface area contributed by atoms with Gasteiger partial charge in [0.25, 0.3) is 0 Å². The summed E-state index contributed by atoms with van der Waals surface area (Å²) in [4.78, 5) is 0. The number of hydrogen-bond donors (Lipinski definition) is 0. The molecule has 26 heavy (non-hydrogen) atoms. The highest BCUT2D eigenvalue weighted by molar-refractivity contribution is 5.74. The van der Waals surface area contributed by atoms with Crippen LogP contribution in [0.15, 0.2) is 72.8 Å².